The smallest absolute Gasteiger partial charge is 0.227 e. The second-order valence-electron chi connectivity index (χ2n) is 18.8. The Labute approximate surface area is 343 Å². The molecule has 10 rings (SSSR count). The van der Waals surface area contributed by atoms with Crippen LogP contribution in [-0.4, -0.2) is 78.5 Å². The lowest BCUT2D eigenvalue weighted by atomic mass is 9.32. The summed E-state index contributed by atoms with van der Waals surface area (Å²) < 4.78 is 17.1. The molecule has 2 spiro atoms. The van der Waals surface area contributed by atoms with Gasteiger partial charge in [-0.25, -0.2) is 0 Å². The number of hydrogen-bond donors (Lipinski definition) is 2. The molecular weight excluding hydrogens is 727 g/mol. The summed E-state index contributed by atoms with van der Waals surface area (Å²) in [5, 5.41) is 24.5. The summed E-state index contributed by atoms with van der Waals surface area (Å²) in [4.78, 5) is 31.9. The van der Waals surface area contributed by atoms with Crippen LogP contribution in [0, 0.1) is 33.5 Å². The van der Waals surface area contributed by atoms with Gasteiger partial charge in [0, 0.05) is 40.5 Å². The van der Waals surface area contributed by atoms with Gasteiger partial charge in [-0.15, -0.1) is 0 Å². The van der Waals surface area contributed by atoms with E-state index in [9.17, 15) is 15.0 Å². The number of methoxy groups -OCH3 is 2. The van der Waals surface area contributed by atoms with Crippen molar-refractivity contribution in [2.24, 2.45) is 33.5 Å². The van der Waals surface area contributed by atoms with Gasteiger partial charge in [0.2, 0.25) is 5.91 Å². The monoisotopic (exact) mass is 785 g/mol. The summed E-state index contributed by atoms with van der Waals surface area (Å²) in [6.07, 6.45) is 13.7. The van der Waals surface area contributed by atoms with Crippen LogP contribution in [0.5, 0.6) is 11.5 Å². The molecule has 6 aliphatic carbocycles. The van der Waals surface area contributed by atoms with Crippen molar-refractivity contribution in [3.8, 4) is 22.6 Å². The first-order chi connectivity index (χ1) is 27.9. The maximum Gasteiger partial charge on any atom is 0.227 e. The van der Waals surface area contributed by atoms with E-state index in [1.165, 1.54) is 0 Å². The van der Waals surface area contributed by atoms with E-state index in [4.69, 9.17) is 14.2 Å². The van der Waals surface area contributed by atoms with Crippen molar-refractivity contribution in [1.29, 1.82) is 0 Å². The zero-order chi connectivity index (χ0) is 40.5. The molecule has 4 fully saturated rings. The van der Waals surface area contributed by atoms with Gasteiger partial charge in [-0.1, -0.05) is 92.7 Å². The van der Waals surface area contributed by atoms with Crippen molar-refractivity contribution < 1.29 is 34.0 Å². The van der Waals surface area contributed by atoms with Gasteiger partial charge in [-0.05, 0) is 104 Å². The summed E-state index contributed by atoms with van der Waals surface area (Å²) in [5.41, 5.74) is 1.28. The number of aliphatic hydroxyl groups excluding tert-OH is 1. The van der Waals surface area contributed by atoms with Crippen LogP contribution < -0.4 is 9.47 Å². The first-order valence-corrected chi connectivity index (χ1v) is 21.5. The van der Waals surface area contributed by atoms with Gasteiger partial charge in [0.1, 0.15) is 0 Å². The Morgan fingerprint density at radius 2 is 1.57 bits per heavy atom. The number of hydrogen-bond acceptors (Lipinski definition) is 7. The zero-order valence-corrected chi connectivity index (χ0v) is 34.5. The molecule has 1 aliphatic heterocycles. The molecule has 2 N–H and O–H groups in total. The van der Waals surface area contributed by atoms with Crippen LogP contribution >= 0.6 is 0 Å². The van der Waals surface area contributed by atoms with Crippen LogP contribution in [0.2, 0.25) is 0 Å². The summed E-state index contributed by atoms with van der Waals surface area (Å²) >= 11 is 0. The van der Waals surface area contributed by atoms with Crippen LogP contribution in [-0.2, 0) is 16.0 Å². The van der Waals surface area contributed by atoms with Gasteiger partial charge >= 0.3 is 0 Å². The molecule has 3 aromatic carbocycles. The lowest BCUT2D eigenvalue weighted by molar-refractivity contribution is -0.179. The molecular formula is C50H59NO7. The Morgan fingerprint density at radius 3 is 2.33 bits per heavy atom. The van der Waals surface area contributed by atoms with Gasteiger partial charge in [-0.3, -0.25) is 9.59 Å². The molecule has 9 unspecified atom stereocenters. The van der Waals surface area contributed by atoms with Crippen molar-refractivity contribution >= 4 is 11.7 Å². The first-order valence-electron chi connectivity index (χ1n) is 21.5. The average Bonchev–Trinajstić information content (AvgIpc) is 3.85. The fraction of sp³-hybridized carbons (Fsp3) is 0.520. The Morgan fingerprint density at radius 1 is 0.845 bits per heavy atom. The number of benzene rings is 3. The van der Waals surface area contributed by atoms with Crippen molar-refractivity contribution in [1.82, 2.24) is 4.90 Å². The molecule has 58 heavy (non-hydrogen) atoms. The quantitative estimate of drug-likeness (QED) is 0.149. The number of rotatable bonds is 11. The van der Waals surface area contributed by atoms with E-state index in [0.29, 0.717) is 43.1 Å². The topological polar surface area (TPSA) is 106 Å². The largest absolute Gasteiger partial charge is 0.493 e. The number of allylic oxidation sites excluding steroid dienone is 4. The minimum Gasteiger partial charge on any atom is -0.493 e. The maximum atomic E-state index is 15.6. The third-order valence-corrected chi connectivity index (χ3v) is 16.3. The second kappa shape index (κ2) is 14.5. The van der Waals surface area contributed by atoms with Gasteiger partial charge in [-0.2, -0.15) is 0 Å². The summed E-state index contributed by atoms with van der Waals surface area (Å²) in [6, 6.07) is 23.7. The molecule has 9 atom stereocenters. The molecule has 1 saturated heterocycles. The Kier molecular flexibility index (Phi) is 9.80. The number of ether oxygens (including phenoxy) is 3. The summed E-state index contributed by atoms with van der Waals surface area (Å²) in [6.45, 7) is 5.96. The number of carbonyl (C=O) groups excluding carboxylic acids is 2. The summed E-state index contributed by atoms with van der Waals surface area (Å²) in [5.74, 6) is 1.29. The fourth-order valence-corrected chi connectivity index (χ4v) is 13.2. The van der Waals surface area contributed by atoms with Crippen LogP contribution in [0.15, 0.2) is 96.6 Å². The molecule has 8 nitrogen and oxygen atoms in total. The standard InChI is InChI=1S/C50H59NO7/c1-46-21-18-35(52)29-48(46)24-25-50(39(30-48)45(54)38-15-9-8-14-37(38)34-11-6-5-7-12-34)42(46)19-22-47(2)43(50)20-23-49(47,55)32-51(31-36-13-10-26-58-36)44(53)28-33-16-17-40(56-3)41(27-33)57-4/h5-9,11-12,14-17,24-25,27,30,35-36,42-43,52,55H,10,13,18-23,26,28-29,31-32H2,1-4H3. The maximum absolute atomic E-state index is 15.6. The van der Waals surface area contributed by atoms with E-state index >= 15 is 4.79 Å². The number of Topliss-reactive ketones (excluding diaryl/α,β-unsaturated/α-hetero) is 1. The number of ketones is 1. The number of fused-ring (bicyclic) bond motifs is 1. The molecule has 2 bridgehead atoms. The number of nitrogens with zero attached hydrogens (tertiary/aromatic N) is 1. The van der Waals surface area contributed by atoms with Crippen LogP contribution in [0.3, 0.4) is 0 Å². The average molecular weight is 786 g/mol. The predicted molar refractivity (Wildman–Crippen MR) is 224 cm³/mol. The highest BCUT2D eigenvalue weighted by atomic mass is 16.5. The normalized spacial score (nSPS) is 35.7. The van der Waals surface area contributed by atoms with Gasteiger partial charge < -0.3 is 29.3 Å². The van der Waals surface area contributed by atoms with Gasteiger partial charge in [0.25, 0.3) is 0 Å². The highest BCUT2D eigenvalue weighted by molar-refractivity contribution is 6.14. The first kappa shape index (κ1) is 39.2. The van der Waals surface area contributed by atoms with E-state index in [0.717, 1.165) is 67.2 Å². The summed E-state index contributed by atoms with van der Waals surface area (Å²) in [7, 11) is 3.19. The molecule has 0 radical (unpaired) electrons. The minimum atomic E-state index is -1.19. The zero-order valence-electron chi connectivity index (χ0n) is 34.5. The van der Waals surface area contributed by atoms with E-state index < -0.39 is 27.9 Å². The van der Waals surface area contributed by atoms with Crippen LogP contribution in [0.1, 0.15) is 87.6 Å². The van der Waals surface area contributed by atoms with E-state index in [2.05, 4.69) is 44.2 Å². The highest BCUT2D eigenvalue weighted by Gasteiger charge is 2.74. The predicted octanol–water partition coefficient (Wildman–Crippen LogP) is 8.39. The van der Waals surface area contributed by atoms with Crippen molar-refractivity contribution in [2.75, 3.05) is 33.9 Å². The third kappa shape index (κ3) is 5.87. The molecule has 306 valence electrons. The Bertz CT molecular complexity index is 2140. The van der Waals surface area contributed by atoms with Crippen LogP contribution in [0.4, 0.5) is 0 Å². The van der Waals surface area contributed by atoms with E-state index in [1.807, 2.05) is 65.6 Å². The number of carbonyl (C=O) groups is 2. The lowest BCUT2D eigenvalue weighted by Crippen LogP contribution is -2.67. The highest BCUT2D eigenvalue weighted by Crippen LogP contribution is 2.78. The molecule has 8 heteroatoms. The SMILES string of the molecule is COc1ccc(CC(=O)N(CC2CCCO2)CC2(O)CCC3C45C=CC6(C=C4C(=O)c4ccccc4-c4ccccc4)CC(O)CCC6(C)C5CCC32C)cc1OC. The number of amides is 1. The fourth-order valence-electron chi connectivity index (χ4n) is 13.2. The number of aliphatic hydroxyl groups is 2. The molecule has 3 saturated carbocycles. The molecule has 1 amide bonds. The van der Waals surface area contributed by atoms with Crippen molar-refractivity contribution in [3.63, 3.8) is 0 Å². The molecule has 0 aromatic heterocycles. The Balaban J connectivity index is 1.10. The third-order valence-electron chi connectivity index (χ3n) is 16.3. The van der Waals surface area contributed by atoms with E-state index in [-0.39, 0.29) is 48.0 Å². The Hall–Kier alpha value is -4.24. The van der Waals surface area contributed by atoms with Crippen LogP contribution in [0.25, 0.3) is 11.1 Å². The van der Waals surface area contributed by atoms with Crippen molar-refractivity contribution in [2.45, 2.75) is 95.9 Å². The lowest BCUT2D eigenvalue weighted by Gasteiger charge is -2.71. The van der Waals surface area contributed by atoms with Gasteiger partial charge in [0.05, 0.1) is 45.0 Å². The molecule has 7 aliphatic rings. The van der Waals surface area contributed by atoms with E-state index in [1.54, 1.807) is 14.2 Å². The molecule has 1 heterocycles. The minimum absolute atomic E-state index is 0.0356. The van der Waals surface area contributed by atoms with Crippen molar-refractivity contribution in [3.05, 3.63) is 108 Å². The van der Waals surface area contributed by atoms with Gasteiger partial charge in [0.15, 0.2) is 17.3 Å². The molecule has 3 aromatic rings. The second-order valence-corrected chi connectivity index (χ2v) is 18.8.